The number of piperidine rings is 1. The molecule has 7 nitrogen and oxygen atoms in total. The SMILES string of the molecule is Cc1cnn(C2CCN(C(=O)NC(C)c3nncs3)CC2)c1. The van der Waals surface area contributed by atoms with E-state index in [1.165, 1.54) is 16.9 Å². The van der Waals surface area contributed by atoms with Gasteiger partial charge in [-0.1, -0.05) is 0 Å². The van der Waals surface area contributed by atoms with Crippen molar-refractivity contribution in [1.29, 1.82) is 0 Å². The number of carbonyl (C=O) groups is 1. The molecule has 2 amide bonds. The Kier molecular flexibility index (Phi) is 4.37. The van der Waals surface area contributed by atoms with Gasteiger partial charge in [0.15, 0.2) is 0 Å². The molecule has 3 heterocycles. The lowest BCUT2D eigenvalue weighted by molar-refractivity contribution is 0.166. The smallest absolute Gasteiger partial charge is 0.317 e. The van der Waals surface area contributed by atoms with E-state index in [-0.39, 0.29) is 12.1 Å². The third kappa shape index (κ3) is 3.27. The standard InChI is InChI=1S/C14H20N6OS/c1-10-7-16-20(8-10)12-3-5-19(6-4-12)14(21)17-11(2)13-18-15-9-22-13/h7-9,11-12H,3-6H2,1-2H3,(H,17,21). The molecular formula is C14H20N6OS. The van der Waals surface area contributed by atoms with E-state index in [9.17, 15) is 4.79 Å². The predicted molar refractivity (Wildman–Crippen MR) is 83.7 cm³/mol. The van der Waals surface area contributed by atoms with E-state index in [0.29, 0.717) is 6.04 Å². The summed E-state index contributed by atoms with van der Waals surface area (Å²) in [6, 6.07) is 0.252. The lowest BCUT2D eigenvalue weighted by Crippen LogP contribution is -2.45. The summed E-state index contributed by atoms with van der Waals surface area (Å²) in [5, 5.41) is 16.0. The van der Waals surface area contributed by atoms with Gasteiger partial charge in [0.1, 0.15) is 10.5 Å². The number of nitrogens with one attached hydrogen (secondary N) is 1. The summed E-state index contributed by atoms with van der Waals surface area (Å²) in [6.07, 6.45) is 5.81. The van der Waals surface area contributed by atoms with E-state index in [4.69, 9.17) is 0 Å². The topological polar surface area (TPSA) is 75.9 Å². The first-order valence-corrected chi connectivity index (χ1v) is 8.33. The maximum atomic E-state index is 12.3. The van der Waals surface area contributed by atoms with Gasteiger partial charge in [-0.05, 0) is 32.3 Å². The molecule has 1 unspecified atom stereocenters. The van der Waals surface area contributed by atoms with Crippen molar-refractivity contribution in [3.8, 4) is 0 Å². The van der Waals surface area contributed by atoms with Crippen LogP contribution in [-0.4, -0.2) is 44.0 Å². The van der Waals surface area contributed by atoms with Crippen LogP contribution < -0.4 is 5.32 Å². The van der Waals surface area contributed by atoms with Crippen molar-refractivity contribution in [2.75, 3.05) is 13.1 Å². The van der Waals surface area contributed by atoms with Crippen molar-refractivity contribution in [3.63, 3.8) is 0 Å². The number of carbonyl (C=O) groups excluding carboxylic acids is 1. The highest BCUT2D eigenvalue weighted by molar-refractivity contribution is 7.09. The fraction of sp³-hybridized carbons (Fsp3) is 0.571. The molecule has 1 saturated heterocycles. The van der Waals surface area contributed by atoms with Gasteiger partial charge >= 0.3 is 6.03 Å². The van der Waals surface area contributed by atoms with Crippen LogP contribution in [0.2, 0.25) is 0 Å². The maximum absolute atomic E-state index is 12.3. The van der Waals surface area contributed by atoms with Gasteiger partial charge in [0, 0.05) is 19.3 Å². The molecule has 0 bridgehead atoms. The molecule has 1 aliphatic rings. The highest BCUT2D eigenvalue weighted by Crippen LogP contribution is 2.22. The predicted octanol–water partition coefficient (Wildman–Crippen LogP) is 2.15. The molecule has 8 heteroatoms. The van der Waals surface area contributed by atoms with E-state index in [1.54, 1.807) is 5.51 Å². The summed E-state index contributed by atoms with van der Waals surface area (Å²) in [7, 11) is 0. The van der Waals surface area contributed by atoms with Gasteiger partial charge in [-0.25, -0.2) is 4.79 Å². The van der Waals surface area contributed by atoms with Crippen LogP contribution >= 0.6 is 11.3 Å². The van der Waals surface area contributed by atoms with Crippen molar-refractivity contribution in [3.05, 3.63) is 28.5 Å². The van der Waals surface area contributed by atoms with Crippen LogP contribution in [0.5, 0.6) is 0 Å². The fourth-order valence-corrected chi connectivity index (χ4v) is 3.23. The van der Waals surface area contributed by atoms with Crippen molar-refractivity contribution >= 4 is 17.4 Å². The third-order valence-electron chi connectivity index (χ3n) is 3.94. The average Bonchev–Trinajstić information content (AvgIpc) is 3.18. The molecule has 1 atom stereocenters. The van der Waals surface area contributed by atoms with Crippen LogP contribution in [0.4, 0.5) is 4.79 Å². The molecular weight excluding hydrogens is 300 g/mol. The minimum atomic E-state index is -0.105. The molecule has 0 aliphatic carbocycles. The lowest BCUT2D eigenvalue weighted by Gasteiger charge is -2.32. The van der Waals surface area contributed by atoms with Gasteiger partial charge in [-0.2, -0.15) is 5.10 Å². The Bertz CT molecular complexity index is 617. The number of nitrogens with zero attached hydrogens (tertiary/aromatic N) is 5. The van der Waals surface area contributed by atoms with Crippen molar-refractivity contribution in [2.24, 2.45) is 0 Å². The van der Waals surface area contributed by atoms with Crippen molar-refractivity contribution in [2.45, 2.75) is 38.8 Å². The molecule has 0 spiro atoms. The normalized spacial score (nSPS) is 17.5. The van der Waals surface area contributed by atoms with Crippen LogP contribution in [0.3, 0.4) is 0 Å². The Balaban J connectivity index is 1.51. The number of amides is 2. The summed E-state index contributed by atoms with van der Waals surface area (Å²) in [5.41, 5.74) is 2.85. The van der Waals surface area contributed by atoms with Gasteiger partial charge in [0.25, 0.3) is 0 Å². The van der Waals surface area contributed by atoms with E-state index < -0.39 is 0 Å². The van der Waals surface area contributed by atoms with E-state index in [2.05, 4.69) is 26.8 Å². The summed E-state index contributed by atoms with van der Waals surface area (Å²) in [4.78, 5) is 14.2. The first-order valence-electron chi connectivity index (χ1n) is 7.45. The van der Waals surface area contributed by atoms with Gasteiger partial charge in [0.2, 0.25) is 0 Å². The molecule has 0 radical (unpaired) electrons. The number of hydrogen-bond acceptors (Lipinski definition) is 5. The summed E-state index contributed by atoms with van der Waals surface area (Å²) in [5.74, 6) is 0. The van der Waals surface area contributed by atoms with Gasteiger partial charge in [0.05, 0.1) is 18.3 Å². The Labute approximate surface area is 133 Å². The number of aryl methyl sites for hydroxylation is 1. The Morgan fingerprint density at radius 1 is 1.45 bits per heavy atom. The second-order valence-electron chi connectivity index (χ2n) is 5.66. The molecule has 22 heavy (non-hydrogen) atoms. The highest BCUT2D eigenvalue weighted by Gasteiger charge is 2.25. The largest absolute Gasteiger partial charge is 0.329 e. The van der Waals surface area contributed by atoms with Crippen LogP contribution in [0.25, 0.3) is 0 Å². The lowest BCUT2D eigenvalue weighted by atomic mass is 10.1. The zero-order valence-electron chi connectivity index (χ0n) is 12.8. The third-order valence-corrected chi connectivity index (χ3v) is 4.82. The minimum Gasteiger partial charge on any atom is -0.329 e. The monoisotopic (exact) mass is 320 g/mol. The number of likely N-dealkylation sites (tertiary alicyclic amines) is 1. The number of urea groups is 1. The average molecular weight is 320 g/mol. The van der Waals surface area contributed by atoms with E-state index in [0.717, 1.165) is 30.9 Å². The van der Waals surface area contributed by atoms with Crippen LogP contribution in [-0.2, 0) is 0 Å². The zero-order valence-corrected chi connectivity index (χ0v) is 13.6. The molecule has 1 fully saturated rings. The Hall–Kier alpha value is -1.96. The second-order valence-corrected chi connectivity index (χ2v) is 6.53. The first-order chi connectivity index (χ1) is 10.6. The van der Waals surface area contributed by atoms with Gasteiger partial charge in [-0.3, -0.25) is 4.68 Å². The highest BCUT2D eigenvalue weighted by atomic mass is 32.1. The summed E-state index contributed by atoms with van der Waals surface area (Å²) >= 11 is 1.45. The van der Waals surface area contributed by atoms with E-state index in [1.807, 2.05) is 29.6 Å². The quantitative estimate of drug-likeness (QED) is 0.940. The molecule has 2 aromatic heterocycles. The summed E-state index contributed by atoms with van der Waals surface area (Å²) < 4.78 is 2.02. The molecule has 3 rings (SSSR count). The molecule has 118 valence electrons. The Morgan fingerprint density at radius 2 is 2.23 bits per heavy atom. The molecule has 2 aromatic rings. The van der Waals surface area contributed by atoms with Gasteiger partial charge < -0.3 is 10.2 Å². The number of rotatable bonds is 3. The van der Waals surface area contributed by atoms with Crippen LogP contribution in [0, 0.1) is 6.92 Å². The van der Waals surface area contributed by atoms with Crippen LogP contribution in [0.15, 0.2) is 17.9 Å². The Morgan fingerprint density at radius 3 is 2.82 bits per heavy atom. The molecule has 0 aromatic carbocycles. The fourth-order valence-electron chi connectivity index (χ4n) is 2.67. The number of aromatic nitrogens is 4. The second kappa shape index (κ2) is 6.43. The molecule has 0 saturated carbocycles. The minimum absolute atomic E-state index is 0.0298. The van der Waals surface area contributed by atoms with Crippen molar-refractivity contribution in [1.82, 2.24) is 30.2 Å². The number of hydrogen-bond donors (Lipinski definition) is 1. The summed E-state index contributed by atoms with van der Waals surface area (Å²) in [6.45, 7) is 5.47. The van der Waals surface area contributed by atoms with E-state index >= 15 is 0 Å². The van der Waals surface area contributed by atoms with Crippen molar-refractivity contribution < 1.29 is 4.79 Å². The van der Waals surface area contributed by atoms with Gasteiger partial charge in [-0.15, -0.1) is 21.5 Å². The zero-order chi connectivity index (χ0) is 15.5. The molecule has 1 aliphatic heterocycles. The first kappa shape index (κ1) is 15.0. The molecule has 1 N–H and O–H groups in total. The maximum Gasteiger partial charge on any atom is 0.317 e. The van der Waals surface area contributed by atoms with Crippen LogP contribution in [0.1, 0.15) is 42.4 Å².